The molecule has 5 nitrogen and oxygen atoms in total. The van der Waals surface area contributed by atoms with Crippen molar-refractivity contribution in [1.29, 1.82) is 0 Å². The summed E-state index contributed by atoms with van der Waals surface area (Å²) in [5.41, 5.74) is 2.15. The van der Waals surface area contributed by atoms with E-state index in [0.29, 0.717) is 24.4 Å². The molecule has 2 aliphatic heterocycles. The fourth-order valence-electron chi connectivity index (χ4n) is 4.32. The summed E-state index contributed by atoms with van der Waals surface area (Å²) in [7, 11) is 0. The number of fused-ring (bicyclic) bond motifs is 2. The van der Waals surface area contributed by atoms with Gasteiger partial charge in [0, 0.05) is 30.9 Å². The monoisotopic (exact) mass is 338 g/mol. The Hall–Kier alpha value is -2.14. The topological polar surface area (TPSA) is 59.0 Å². The van der Waals surface area contributed by atoms with Gasteiger partial charge in [-0.3, -0.25) is 4.79 Å². The molecular formula is C20H26N4O. The summed E-state index contributed by atoms with van der Waals surface area (Å²) in [6.45, 7) is 2.05. The fraction of sp³-hybridized carbons (Fsp3) is 0.500. The van der Waals surface area contributed by atoms with Gasteiger partial charge in [0.15, 0.2) is 0 Å². The highest BCUT2D eigenvalue weighted by molar-refractivity contribution is 5.76. The predicted octanol–water partition coefficient (Wildman–Crippen LogP) is 2.97. The van der Waals surface area contributed by atoms with E-state index in [0.717, 1.165) is 24.1 Å². The molecule has 2 fully saturated rings. The van der Waals surface area contributed by atoms with Gasteiger partial charge in [0.2, 0.25) is 5.91 Å². The average molecular weight is 338 g/mol. The number of aromatic nitrogens is 2. The molecule has 4 rings (SSSR count). The first-order valence-electron chi connectivity index (χ1n) is 9.33. The van der Waals surface area contributed by atoms with E-state index in [9.17, 15) is 4.79 Å². The van der Waals surface area contributed by atoms with Crippen molar-refractivity contribution >= 4 is 5.91 Å². The fourth-order valence-corrected chi connectivity index (χ4v) is 4.32. The molecule has 1 amide bonds. The molecule has 3 unspecified atom stereocenters. The Kier molecular flexibility index (Phi) is 4.57. The van der Waals surface area contributed by atoms with Gasteiger partial charge in [0.25, 0.3) is 0 Å². The summed E-state index contributed by atoms with van der Waals surface area (Å²) < 4.78 is 1.83. The SMILES string of the molecule is CC(NC(=O)CC1CC2CCC(C1)N2)c1ccc(-n2cccn2)cc1. The van der Waals surface area contributed by atoms with Crippen LogP contribution < -0.4 is 10.6 Å². The van der Waals surface area contributed by atoms with Crippen molar-refractivity contribution in [2.45, 2.75) is 57.2 Å². The van der Waals surface area contributed by atoms with Crippen LogP contribution in [0.5, 0.6) is 0 Å². The van der Waals surface area contributed by atoms with Crippen molar-refractivity contribution in [2.24, 2.45) is 5.92 Å². The third-order valence-electron chi connectivity index (χ3n) is 5.58. The van der Waals surface area contributed by atoms with E-state index in [2.05, 4.69) is 27.9 Å². The van der Waals surface area contributed by atoms with Crippen LogP contribution in [0.2, 0.25) is 0 Å². The van der Waals surface area contributed by atoms with Crippen molar-refractivity contribution in [3.05, 3.63) is 48.3 Å². The number of nitrogens with zero attached hydrogens (tertiary/aromatic N) is 2. The number of hydrogen-bond acceptors (Lipinski definition) is 3. The smallest absolute Gasteiger partial charge is 0.220 e. The molecule has 132 valence electrons. The number of carbonyl (C=O) groups excluding carboxylic acids is 1. The Morgan fingerprint density at radius 3 is 2.64 bits per heavy atom. The summed E-state index contributed by atoms with van der Waals surface area (Å²) in [5.74, 6) is 0.711. The standard InChI is InChI=1S/C20H26N4O/c1-14(16-3-7-19(8-4-16)24-10-2-9-21-24)22-20(25)13-15-11-17-5-6-18(12-15)23-17/h2-4,7-10,14-15,17-18,23H,5-6,11-13H2,1H3,(H,22,25). The maximum absolute atomic E-state index is 12.4. The van der Waals surface area contributed by atoms with Crippen molar-refractivity contribution < 1.29 is 4.79 Å². The van der Waals surface area contributed by atoms with Crippen LogP contribution in [-0.4, -0.2) is 27.8 Å². The third-order valence-corrected chi connectivity index (χ3v) is 5.58. The van der Waals surface area contributed by atoms with Gasteiger partial charge in [-0.05, 0) is 62.3 Å². The number of benzene rings is 1. The second kappa shape index (κ2) is 7.00. The van der Waals surface area contributed by atoms with Crippen LogP contribution in [0.25, 0.3) is 5.69 Å². The zero-order chi connectivity index (χ0) is 17.2. The van der Waals surface area contributed by atoms with Crippen LogP contribution >= 0.6 is 0 Å². The third kappa shape index (κ3) is 3.76. The number of amides is 1. The van der Waals surface area contributed by atoms with Crippen LogP contribution in [0.1, 0.15) is 50.6 Å². The van der Waals surface area contributed by atoms with E-state index in [4.69, 9.17) is 0 Å². The number of piperidine rings is 1. The molecule has 2 aliphatic rings. The van der Waals surface area contributed by atoms with Gasteiger partial charge < -0.3 is 10.6 Å². The normalized spacial score (nSPS) is 26.4. The lowest BCUT2D eigenvalue weighted by atomic mass is 9.89. The maximum Gasteiger partial charge on any atom is 0.220 e. The molecule has 0 aliphatic carbocycles. The number of hydrogen-bond donors (Lipinski definition) is 2. The summed E-state index contributed by atoms with van der Waals surface area (Å²) in [6.07, 6.45) is 9.21. The Bertz CT molecular complexity index is 698. The van der Waals surface area contributed by atoms with Crippen molar-refractivity contribution in [1.82, 2.24) is 20.4 Å². The lowest BCUT2D eigenvalue weighted by Crippen LogP contribution is -2.40. The van der Waals surface area contributed by atoms with Gasteiger partial charge in [-0.1, -0.05) is 12.1 Å². The second-order valence-corrected chi connectivity index (χ2v) is 7.51. The van der Waals surface area contributed by atoms with Crippen molar-refractivity contribution in [3.8, 4) is 5.69 Å². The molecule has 3 atom stereocenters. The van der Waals surface area contributed by atoms with Crippen LogP contribution in [0.15, 0.2) is 42.7 Å². The minimum absolute atomic E-state index is 0.0256. The van der Waals surface area contributed by atoms with E-state index in [-0.39, 0.29) is 11.9 Å². The number of nitrogens with one attached hydrogen (secondary N) is 2. The molecule has 2 bridgehead atoms. The summed E-state index contributed by atoms with van der Waals surface area (Å²) in [5, 5.41) is 11.0. The maximum atomic E-state index is 12.4. The number of rotatable bonds is 5. The average Bonchev–Trinajstić information content (AvgIpc) is 3.25. The summed E-state index contributed by atoms with van der Waals surface area (Å²) in [4.78, 5) is 12.4. The Morgan fingerprint density at radius 2 is 2.00 bits per heavy atom. The van der Waals surface area contributed by atoms with Gasteiger partial charge in [-0.15, -0.1) is 0 Å². The Balaban J connectivity index is 1.32. The molecule has 2 aromatic rings. The first-order chi connectivity index (χ1) is 12.2. The largest absolute Gasteiger partial charge is 0.350 e. The van der Waals surface area contributed by atoms with E-state index in [1.807, 2.05) is 36.0 Å². The van der Waals surface area contributed by atoms with E-state index in [1.165, 1.54) is 12.8 Å². The molecule has 3 heterocycles. The quantitative estimate of drug-likeness (QED) is 0.881. The summed E-state index contributed by atoms with van der Waals surface area (Å²) in [6, 6.07) is 11.4. The van der Waals surface area contributed by atoms with Gasteiger partial charge in [0.05, 0.1) is 11.7 Å². The molecule has 2 N–H and O–H groups in total. The lowest BCUT2D eigenvalue weighted by molar-refractivity contribution is -0.122. The lowest BCUT2D eigenvalue weighted by Gasteiger charge is -2.29. The van der Waals surface area contributed by atoms with Crippen molar-refractivity contribution in [2.75, 3.05) is 0 Å². The van der Waals surface area contributed by atoms with E-state index >= 15 is 0 Å². The first-order valence-corrected chi connectivity index (χ1v) is 9.33. The molecule has 25 heavy (non-hydrogen) atoms. The molecule has 0 radical (unpaired) electrons. The highest BCUT2D eigenvalue weighted by Crippen LogP contribution is 2.32. The van der Waals surface area contributed by atoms with E-state index in [1.54, 1.807) is 6.20 Å². The molecular weight excluding hydrogens is 312 g/mol. The molecule has 1 aromatic heterocycles. The zero-order valence-corrected chi connectivity index (χ0v) is 14.7. The van der Waals surface area contributed by atoms with Gasteiger partial charge in [-0.2, -0.15) is 5.10 Å². The number of carbonyl (C=O) groups is 1. The Morgan fingerprint density at radius 1 is 1.28 bits per heavy atom. The van der Waals surface area contributed by atoms with Crippen molar-refractivity contribution in [3.63, 3.8) is 0 Å². The van der Waals surface area contributed by atoms with Crippen LogP contribution in [0, 0.1) is 5.92 Å². The first kappa shape index (κ1) is 16.3. The molecule has 2 saturated heterocycles. The van der Waals surface area contributed by atoms with Crippen LogP contribution in [0.3, 0.4) is 0 Å². The van der Waals surface area contributed by atoms with Crippen LogP contribution in [-0.2, 0) is 4.79 Å². The second-order valence-electron chi connectivity index (χ2n) is 7.51. The molecule has 0 saturated carbocycles. The molecule has 1 aromatic carbocycles. The predicted molar refractivity (Wildman–Crippen MR) is 97.4 cm³/mol. The minimum Gasteiger partial charge on any atom is -0.350 e. The van der Waals surface area contributed by atoms with Gasteiger partial charge in [0.1, 0.15) is 0 Å². The van der Waals surface area contributed by atoms with Gasteiger partial charge in [-0.25, -0.2) is 4.68 Å². The zero-order valence-electron chi connectivity index (χ0n) is 14.7. The Labute approximate surface area is 148 Å². The van der Waals surface area contributed by atoms with Gasteiger partial charge >= 0.3 is 0 Å². The molecule has 0 spiro atoms. The minimum atomic E-state index is 0.0256. The highest BCUT2D eigenvalue weighted by Gasteiger charge is 2.34. The summed E-state index contributed by atoms with van der Waals surface area (Å²) >= 11 is 0. The van der Waals surface area contributed by atoms with Crippen LogP contribution in [0.4, 0.5) is 0 Å². The van der Waals surface area contributed by atoms with E-state index < -0.39 is 0 Å². The highest BCUT2D eigenvalue weighted by atomic mass is 16.1. The molecule has 5 heteroatoms.